The van der Waals surface area contributed by atoms with E-state index in [0.717, 1.165) is 22.3 Å². The maximum atomic E-state index is 14.0. The highest BCUT2D eigenvalue weighted by atomic mass is 35.5. The predicted octanol–water partition coefficient (Wildman–Crippen LogP) is 5.11. The van der Waals surface area contributed by atoms with Gasteiger partial charge in [-0.3, -0.25) is 14.4 Å². The van der Waals surface area contributed by atoms with Crippen LogP contribution in [0.3, 0.4) is 0 Å². The summed E-state index contributed by atoms with van der Waals surface area (Å²) in [5, 5.41) is 3.49. The Hall–Kier alpha value is -3.90. The smallest absolute Gasteiger partial charge is 0.247 e. The van der Waals surface area contributed by atoms with Crippen LogP contribution in [0.5, 0.6) is 0 Å². The van der Waals surface area contributed by atoms with E-state index in [1.165, 1.54) is 4.90 Å². The van der Waals surface area contributed by atoms with Crippen LogP contribution in [-0.2, 0) is 14.4 Å². The van der Waals surface area contributed by atoms with Gasteiger partial charge in [0.05, 0.1) is 23.6 Å². The van der Waals surface area contributed by atoms with Crippen molar-refractivity contribution in [2.75, 3.05) is 10.2 Å². The van der Waals surface area contributed by atoms with Crippen molar-refractivity contribution in [2.24, 2.45) is 11.8 Å². The largest absolute Gasteiger partial charge is 0.357 e. The molecular formula is C29H24ClN3O3. The number of hydrogen-bond acceptors (Lipinski definition) is 4. The van der Waals surface area contributed by atoms with Crippen molar-refractivity contribution < 1.29 is 14.4 Å². The minimum Gasteiger partial charge on any atom is -0.357 e. The van der Waals surface area contributed by atoms with Gasteiger partial charge in [-0.05, 0) is 66.9 Å². The van der Waals surface area contributed by atoms with E-state index in [-0.39, 0.29) is 17.7 Å². The Morgan fingerprint density at radius 2 is 1.64 bits per heavy atom. The van der Waals surface area contributed by atoms with Gasteiger partial charge in [0.2, 0.25) is 17.7 Å². The van der Waals surface area contributed by atoms with Crippen molar-refractivity contribution in [3.05, 3.63) is 100 Å². The molecule has 36 heavy (non-hydrogen) atoms. The average molecular weight is 498 g/mol. The summed E-state index contributed by atoms with van der Waals surface area (Å²) in [6.07, 6.45) is 3.78. The molecule has 7 heteroatoms. The van der Waals surface area contributed by atoms with Crippen molar-refractivity contribution in [2.45, 2.75) is 25.9 Å². The van der Waals surface area contributed by atoms with Gasteiger partial charge in [0.25, 0.3) is 0 Å². The third kappa shape index (κ3) is 3.36. The minimum absolute atomic E-state index is 0.265. The van der Waals surface area contributed by atoms with Gasteiger partial charge in [0, 0.05) is 16.9 Å². The molecule has 0 radical (unpaired) electrons. The molecule has 3 aliphatic rings. The second-order valence-corrected chi connectivity index (χ2v) is 10.1. The van der Waals surface area contributed by atoms with Gasteiger partial charge in [-0.15, -0.1) is 0 Å². The maximum Gasteiger partial charge on any atom is 0.247 e. The Morgan fingerprint density at radius 1 is 0.917 bits per heavy atom. The molecule has 2 saturated heterocycles. The number of nitrogens with one attached hydrogen (secondary N) is 1. The fraction of sp³-hybridized carbons (Fsp3) is 0.207. The number of carbonyl (C=O) groups is 3. The van der Waals surface area contributed by atoms with Gasteiger partial charge >= 0.3 is 0 Å². The predicted molar refractivity (Wildman–Crippen MR) is 139 cm³/mol. The molecule has 3 heterocycles. The summed E-state index contributed by atoms with van der Waals surface area (Å²) < 4.78 is 0. The monoisotopic (exact) mass is 497 g/mol. The lowest BCUT2D eigenvalue weighted by atomic mass is 9.84. The zero-order valence-electron chi connectivity index (χ0n) is 19.8. The first kappa shape index (κ1) is 22.6. The zero-order chi connectivity index (χ0) is 25.1. The summed E-state index contributed by atoms with van der Waals surface area (Å²) in [4.78, 5) is 44.8. The van der Waals surface area contributed by atoms with Crippen molar-refractivity contribution in [1.82, 2.24) is 4.90 Å². The Morgan fingerprint density at radius 3 is 2.39 bits per heavy atom. The first-order chi connectivity index (χ1) is 17.3. The lowest BCUT2D eigenvalue weighted by molar-refractivity contribution is -0.128. The molecule has 3 aliphatic heterocycles. The number of hydrogen-bond donors (Lipinski definition) is 1. The van der Waals surface area contributed by atoms with E-state index >= 15 is 0 Å². The molecular weight excluding hydrogens is 474 g/mol. The Labute approximate surface area is 214 Å². The van der Waals surface area contributed by atoms with E-state index in [2.05, 4.69) is 5.32 Å². The molecule has 2 fully saturated rings. The van der Waals surface area contributed by atoms with Crippen LogP contribution >= 0.6 is 11.6 Å². The molecule has 3 aromatic carbocycles. The molecule has 3 amide bonds. The van der Waals surface area contributed by atoms with Crippen LogP contribution in [0.4, 0.5) is 11.4 Å². The van der Waals surface area contributed by atoms with Gasteiger partial charge in [0.15, 0.2) is 0 Å². The van der Waals surface area contributed by atoms with Crippen molar-refractivity contribution in [3.8, 4) is 0 Å². The number of benzene rings is 3. The van der Waals surface area contributed by atoms with Gasteiger partial charge in [-0.1, -0.05) is 53.6 Å². The number of amides is 3. The van der Waals surface area contributed by atoms with Crippen molar-refractivity contribution >= 4 is 46.8 Å². The van der Waals surface area contributed by atoms with Gasteiger partial charge in [-0.2, -0.15) is 0 Å². The van der Waals surface area contributed by atoms with Gasteiger partial charge in [-0.25, -0.2) is 4.90 Å². The lowest BCUT2D eigenvalue weighted by Gasteiger charge is -2.35. The third-order valence-electron chi connectivity index (χ3n) is 7.44. The highest BCUT2D eigenvalue weighted by Gasteiger charge is 2.64. The molecule has 0 aromatic heterocycles. The van der Waals surface area contributed by atoms with Crippen LogP contribution in [0.15, 0.2) is 72.9 Å². The number of carbonyl (C=O) groups excluding carboxylic acids is 3. The number of halogens is 1. The second-order valence-electron chi connectivity index (χ2n) is 9.63. The van der Waals surface area contributed by atoms with Crippen LogP contribution < -0.4 is 10.2 Å². The Kier molecular flexibility index (Phi) is 5.23. The molecule has 4 atom stereocenters. The summed E-state index contributed by atoms with van der Waals surface area (Å²) in [6.45, 7) is 3.87. The summed E-state index contributed by atoms with van der Waals surface area (Å²) in [7, 11) is 0. The molecule has 0 aliphatic carbocycles. The van der Waals surface area contributed by atoms with E-state index in [0.29, 0.717) is 16.4 Å². The number of rotatable bonds is 3. The van der Waals surface area contributed by atoms with Crippen LogP contribution in [0.2, 0.25) is 5.02 Å². The highest BCUT2D eigenvalue weighted by Crippen LogP contribution is 2.53. The van der Waals surface area contributed by atoms with Crippen LogP contribution in [0, 0.1) is 25.7 Å². The summed E-state index contributed by atoms with van der Waals surface area (Å²) in [6, 6.07) is 19.1. The van der Waals surface area contributed by atoms with E-state index in [9.17, 15) is 14.4 Å². The van der Waals surface area contributed by atoms with Gasteiger partial charge < -0.3 is 10.2 Å². The molecule has 3 aromatic rings. The molecule has 0 saturated carbocycles. The summed E-state index contributed by atoms with van der Waals surface area (Å²) in [5.74, 6) is -2.42. The minimum atomic E-state index is -0.840. The fourth-order valence-electron chi connectivity index (χ4n) is 5.90. The number of aryl methyl sites for hydroxylation is 2. The van der Waals surface area contributed by atoms with Crippen LogP contribution in [-0.4, -0.2) is 28.7 Å². The first-order valence-corrected chi connectivity index (χ1v) is 12.3. The Balaban J connectivity index is 1.45. The molecule has 6 rings (SSSR count). The van der Waals surface area contributed by atoms with E-state index in [4.69, 9.17) is 11.6 Å². The van der Waals surface area contributed by atoms with E-state index in [1.807, 2.05) is 73.5 Å². The van der Waals surface area contributed by atoms with E-state index in [1.54, 1.807) is 24.3 Å². The molecule has 1 N–H and O–H groups in total. The topological polar surface area (TPSA) is 69.7 Å². The number of imide groups is 1. The Bertz CT molecular complexity index is 1450. The quantitative estimate of drug-likeness (QED) is 0.510. The van der Waals surface area contributed by atoms with Crippen molar-refractivity contribution in [3.63, 3.8) is 0 Å². The number of anilines is 2. The average Bonchev–Trinajstić information content (AvgIpc) is 3.34. The van der Waals surface area contributed by atoms with Gasteiger partial charge in [0.1, 0.15) is 6.04 Å². The lowest BCUT2D eigenvalue weighted by Crippen LogP contribution is -2.46. The second kappa shape index (κ2) is 8.35. The van der Waals surface area contributed by atoms with E-state index < -0.39 is 23.9 Å². The zero-order valence-corrected chi connectivity index (χ0v) is 20.6. The highest BCUT2D eigenvalue weighted by molar-refractivity contribution is 6.30. The fourth-order valence-corrected chi connectivity index (χ4v) is 6.03. The normalized spacial score (nSPS) is 24.0. The van der Waals surface area contributed by atoms with Crippen molar-refractivity contribution in [1.29, 1.82) is 0 Å². The standard InChI is InChI=1S/C29H24ClN3O3/c1-16-7-12-22(17(2)15-16)33-28(35)23-24(29(33)36)26(27(34)31-20-10-8-19(30)9-11-20)32-14-13-18-5-3-4-6-21(18)25(23)32/h3-15,23-26H,1-2H3,(H,31,34)/t23-,24+,25-,26-/m0/s1. The maximum absolute atomic E-state index is 14.0. The molecule has 6 nitrogen and oxygen atoms in total. The van der Waals surface area contributed by atoms with Crippen LogP contribution in [0.25, 0.3) is 6.08 Å². The molecule has 180 valence electrons. The summed E-state index contributed by atoms with van der Waals surface area (Å²) in [5.41, 5.74) is 4.98. The third-order valence-corrected chi connectivity index (χ3v) is 7.69. The number of nitrogens with zero attached hydrogens (tertiary/aromatic N) is 2. The molecule has 0 bridgehead atoms. The summed E-state index contributed by atoms with van der Waals surface area (Å²) >= 11 is 6.00. The SMILES string of the molecule is Cc1ccc(N2C(=O)[C@@H]3[C@H](C2=O)[C@@H]2c4ccccc4C=CN2[C@@H]3C(=O)Nc2ccc(Cl)cc2)c(C)c1. The molecule has 0 unspecified atom stereocenters. The first-order valence-electron chi connectivity index (χ1n) is 11.9. The molecule has 0 spiro atoms. The number of fused-ring (bicyclic) bond motifs is 5. The van der Waals surface area contributed by atoms with Crippen LogP contribution in [0.1, 0.15) is 28.3 Å².